The number of hydrogen-bond donors (Lipinski definition) is 1. The number of aromatic nitrogens is 3. The number of thioether (sulfide) groups is 1. The number of carbonyl (C=O) groups excluding carboxylic acids is 1. The summed E-state index contributed by atoms with van der Waals surface area (Å²) >= 11 is 13.7. The van der Waals surface area contributed by atoms with Crippen LogP contribution in [0.4, 0.5) is 5.69 Å². The van der Waals surface area contributed by atoms with Gasteiger partial charge in [0.05, 0.1) is 13.5 Å². The number of nitrogens with zero attached hydrogens (tertiary/aromatic N) is 3. The zero-order valence-corrected chi connectivity index (χ0v) is 18.3. The number of amides is 1. The van der Waals surface area contributed by atoms with Gasteiger partial charge in [-0.1, -0.05) is 41.0 Å². The van der Waals surface area contributed by atoms with Crippen LogP contribution in [0.25, 0.3) is 0 Å². The Morgan fingerprint density at radius 2 is 1.93 bits per heavy atom. The van der Waals surface area contributed by atoms with E-state index >= 15 is 0 Å². The molecule has 0 aliphatic rings. The molecule has 0 unspecified atom stereocenters. The maximum absolute atomic E-state index is 12.4. The SMILES string of the molecule is CCn1c(CC(=O)Nc2ccc(OC)cc2)nnc1SCc1ccc(Cl)cc1Cl. The molecule has 1 heterocycles. The largest absolute Gasteiger partial charge is 0.497 e. The van der Waals surface area contributed by atoms with E-state index in [-0.39, 0.29) is 12.3 Å². The molecule has 152 valence electrons. The number of nitrogens with one attached hydrogen (secondary N) is 1. The summed E-state index contributed by atoms with van der Waals surface area (Å²) in [6.45, 7) is 2.66. The summed E-state index contributed by atoms with van der Waals surface area (Å²) in [6.07, 6.45) is 0.134. The van der Waals surface area contributed by atoms with Gasteiger partial charge in [0.2, 0.25) is 5.91 Å². The van der Waals surface area contributed by atoms with Crippen molar-refractivity contribution in [1.29, 1.82) is 0 Å². The van der Waals surface area contributed by atoms with Gasteiger partial charge in [0.25, 0.3) is 0 Å². The average Bonchev–Trinajstić information content (AvgIpc) is 3.09. The summed E-state index contributed by atoms with van der Waals surface area (Å²) in [7, 11) is 1.60. The maximum Gasteiger partial charge on any atom is 0.232 e. The first kappa shape index (κ1) is 21.5. The third kappa shape index (κ3) is 5.65. The van der Waals surface area contributed by atoms with Crippen LogP contribution in [0.15, 0.2) is 47.6 Å². The van der Waals surface area contributed by atoms with Crippen molar-refractivity contribution in [2.24, 2.45) is 0 Å². The van der Waals surface area contributed by atoms with E-state index in [1.807, 2.05) is 23.6 Å². The Labute approximate surface area is 183 Å². The monoisotopic (exact) mass is 450 g/mol. The van der Waals surface area contributed by atoms with Crippen molar-refractivity contribution in [2.75, 3.05) is 12.4 Å². The molecule has 2 aromatic carbocycles. The van der Waals surface area contributed by atoms with Crippen LogP contribution in [-0.4, -0.2) is 27.8 Å². The standard InChI is InChI=1S/C20H20Cl2N4O2S/c1-3-26-18(11-19(27)23-15-6-8-16(28-2)9-7-15)24-25-20(26)29-12-13-4-5-14(21)10-17(13)22/h4-10H,3,11-12H2,1-2H3,(H,23,27). The molecule has 0 bridgehead atoms. The highest BCUT2D eigenvalue weighted by atomic mass is 35.5. The normalized spacial score (nSPS) is 10.8. The molecule has 0 aliphatic heterocycles. The van der Waals surface area contributed by atoms with Crippen molar-refractivity contribution in [3.8, 4) is 5.75 Å². The Balaban J connectivity index is 1.64. The van der Waals surface area contributed by atoms with E-state index in [0.29, 0.717) is 33.9 Å². The van der Waals surface area contributed by atoms with Gasteiger partial charge in [0.15, 0.2) is 5.16 Å². The van der Waals surface area contributed by atoms with Gasteiger partial charge in [-0.2, -0.15) is 0 Å². The number of methoxy groups -OCH3 is 1. The Kier molecular flexibility index (Phi) is 7.41. The van der Waals surface area contributed by atoms with Crippen molar-refractivity contribution in [2.45, 2.75) is 30.8 Å². The van der Waals surface area contributed by atoms with Gasteiger partial charge >= 0.3 is 0 Å². The highest BCUT2D eigenvalue weighted by Crippen LogP contribution is 2.28. The predicted molar refractivity (Wildman–Crippen MR) is 117 cm³/mol. The fourth-order valence-electron chi connectivity index (χ4n) is 2.68. The van der Waals surface area contributed by atoms with Crippen molar-refractivity contribution < 1.29 is 9.53 Å². The molecule has 1 amide bonds. The second-order valence-electron chi connectivity index (χ2n) is 6.12. The summed E-state index contributed by atoms with van der Waals surface area (Å²) in [4.78, 5) is 12.4. The van der Waals surface area contributed by atoms with Gasteiger partial charge < -0.3 is 14.6 Å². The fourth-order valence-corrected chi connectivity index (χ4v) is 4.26. The van der Waals surface area contributed by atoms with E-state index in [9.17, 15) is 4.79 Å². The second-order valence-corrected chi connectivity index (χ2v) is 7.91. The van der Waals surface area contributed by atoms with Gasteiger partial charge in [0, 0.05) is 28.0 Å². The van der Waals surface area contributed by atoms with Crippen LogP contribution in [0.3, 0.4) is 0 Å². The Morgan fingerprint density at radius 1 is 1.17 bits per heavy atom. The number of halogens is 2. The molecule has 3 aromatic rings. The maximum atomic E-state index is 12.4. The molecule has 0 spiro atoms. The van der Waals surface area contributed by atoms with Crippen LogP contribution in [0, 0.1) is 0 Å². The summed E-state index contributed by atoms with van der Waals surface area (Å²) in [5, 5.41) is 13.3. The average molecular weight is 451 g/mol. The first-order valence-electron chi connectivity index (χ1n) is 8.93. The lowest BCUT2D eigenvalue weighted by atomic mass is 10.2. The Hall–Kier alpha value is -2.22. The Morgan fingerprint density at radius 3 is 2.59 bits per heavy atom. The van der Waals surface area contributed by atoms with Gasteiger partial charge in [-0.3, -0.25) is 4.79 Å². The van der Waals surface area contributed by atoms with Gasteiger partial charge in [0.1, 0.15) is 11.6 Å². The predicted octanol–water partition coefficient (Wildman–Crippen LogP) is 5.09. The quantitative estimate of drug-likeness (QED) is 0.484. The lowest BCUT2D eigenvalue weighted by Gasteiger charge is -2.09. The van der Waals surface area contributed by atoms with E-state index < -0.39 is 0 Å². The first-order chi connectivity index (χ1) is 14.0. The fraction of sp³-hybridized carbons (Fsp3) is 0.250. The topological polar surface area (TPSA) is 69.0 Å². The minimum Gasteiger partial charge on any atom is -0.497 e. The van der Waals surface area contributed by atoms with E-state index in [4.69, 9.17) is 27.9 Å². The van der Waals surface area contributed by atoms with Crippen LogP contribution in [0.1, 0.15) is 18.3 Å². The first-order valence-corrected chi connectivity index (χ1v) is 10.7. The summed E-state index contributed by atoms with van der Waals surface area (Å²) < 4.78 is 7.05. The zero-order chi connectivity index (χ0) is 20.8. The molecule has 0 fully saturated rings. The van der Waals surface area contributed by atoms with Crippen LogP contribution in [0.2, 0.25) is 10.0 Å². The van der Waals surface area contributed by atoms with Gasteiger partial charge in [-0.15, -0.1) is 10.2 Å². The molecular weight excluding hydrogens is 431 g/mol. The molecule has 0 aliphatic carbocycles. The van der Waals surface area contributed by atoms with E-state index in [1.165, 1.54) is 11.8 Å². The molecule has 0 radical (unpaired) electrons. The van der Waals surface area contributed by atoms with Crippen molar-refractivity contribution in [1.82, 2.24) is 14.8 Å². The molecule has 29 heavy (non-hydrogen) atoms. The lowest BCUT2D eigenvalue weighted by Crippen LogP contribution is -2.17. The lowest BCUT2D eigenvalue weighted by molar-refractivity contribution is -0.115. The minimum absolute atomic E-state index is 0.134. The van der Waals surface area contributed by atoms with Crippen molar-refractivity contribution >= 4 is 46.6 Å². The number of ether oxygens (including phenoxy) is 1. The number of carbonyl (C=O) groups is 1. The zero-order valence-electron chi connectivity index (χ0n) is 16.0. The van der Waals surface area contributed by atoms with E-state index in [1.54, 1.807) is 37.4 Å². The molecule has 1 aromatic heterocycles. The number of rotatable bonds is 8. The van der Waals surface area contributed by atoms with Gasteiger partial charge in [-0.05, 0) is 48.9 Å². The van der Waals surface area contributed by atoms with E-state index in [0.717, 1.165) is 16.5 Å². The third-order valence-electron chi connectivity index (χ3n) is 4.17. The van der Waals surface area contributed by atoms with Crippen LogP contribution in [0.5, 0.6) is 5.75 Å². The highest BCUT2D eigenvalue weighted by molar-refractivity contribution is 7.98. The summed E-state index contributed by atoms with van der Waals surface area (Å²) in [5.41, 5.74) is 1.66. The molecule has 1 N–H and O–H groups in total. The van der Waals surface area contributed by atoms with Crippen molar-refractivity contribution in [3.63, 3.8) is 0 Å². The molecule has 0 atom stereocenters. The summed E-state index contributed by atoms with van der Waals surface area (Å²) in [5.74, 6) is 1.82. The van der Waals surface area contributed by atoms with E-state index in [2.05, 4.69) is 15.5 Å². The third-order valence-corrected chi connectivity index (χ3v) is 5.78. The molecule has 3 rings (SSSR count). The molecule has 9 heteroatoms. The number of anilines is 1. The molecular formula is C20H20Cl2N4O2S. The molecule has 0 saturated heterocycles. The van der Waals surface area contributed by atoms with Crippen molar-refractivity contribution in [3.05, 3.63) is 63.9 Å². The molecule has 0 saturated carbocycles. The van der Waals surface area contributed by atoms with Crippen LogP contribution >= 0.6 is 35.0 Å². The van der Waals surface area contributed by atoms with Crippen LogP contribution < -0.4 is 10.1 Å². The van der Waals surface area contributed by atoms with Crippen LogP contribution in [-0.2, 0) is 23.5 Å². The number of benzene rings is 2. The minimum atomic E-state index is -0.158. The molecule has 6 nitrogen and oxygen atoms in total. The van der Waals surface area contributed by atoms with Gasteiger partial charge in [-0.25, -0.2) is 0 Å². The smallest absolute Gasteiger partial charge is 0.232 e. The highest BCUT2D eigenvalue weighted by Gasteiger charge is 2.15. The number of hydrogen-bond acceptors (Lipinski definition) is 5. The second kappa shape index (κ2) is 10.0. The summed E-state index contributed by atoms with van der Waals surface area (Å²) in [6, 6.07) is 12.6. The Bertz CT molecular complexity index is 993.